The first-order chi connectivity index (χ1) is 19.3. The molecule has 4 heterocycles. The fraction of sp³-hybridized carbons (Fsp3) is 0.387. The zero-order valence-electron chi connectivity index (χ0n) is 23.9. The van der Waals surface area contributed by atoms with Crippen LogP contribution in [0.15, 0.2) is 47.5 Å². The van der Waals surface area contributed by atoms with Gasteiger partial charge in [0.1, 0.15) is 5.82 Å². The van der Waals surface area contributed by atoms with Crippen molar-refractivity contribution >= 4 is 22.6 Å². The lowest BCUT2D eigenvalue weighted by atomic mass is 9.98. The molecule has 1 fully saturated rings. The number of methoxy groups -OCH3 is 1. The van der Waals surface area contributed by atoms with Crippen LogP contribution in [0.25, 0.3) is 22.0 Å². The van der Waals surface area contributed by atoms with E-state index in [-0.39, 0.29) is 23.9 Å². The second-order valence-corrected chi connectivity index (χ2v) is 10.5. The SMILES string of the molecule is CC[C@H](C)n1cc(C)c2c(C(=O)NCc3c(OC)[nH]c(C)cc3=O)cc(-c3ccc(N4CCNCC4)nc3)cc21. The van der Waals surface area contributed by atoms with Crippen molar-refractivity contribution in [1.82, 2.24) is 25.2 Å². The number of ether oxygens (including phenoxy) is 1. The molecule has 40 heavy (non-hydrogen) atoms. The Kier molecular flexibility index (Phi) is 7.93. The highest BCUT2D eigenvalue weighted by molar-refractivity contribution is 6.09. The van der Waals surface area contributed by atoms with Gasteiger partial charge >= 0.3 is 0 Å². The number of hydrogen-bond acceptors (Lipinski definition) is 6. The fourth-order valence-corrected chi connectivity index (χ4v) is 5.42. The van der Waals surface area contributed by atoms with E-state index in [4.69, 9.17) is 9.72 Å². The van der Waals surface area contributed by atoms with Gasteiger partial charge in [-0.3, -0.25) is 9.59 Å². The molecule has 1 saturated heterocycles. The fourth-order valence-electron chi connectivity index (χ4n) is 5.42. The zero-order chi connectivity index (χ0) is 28.4. The average Bonchev–Trinajstić information content (AvgIpc) is 3.32. The van der Waals surface area contributed by atoms with E-state index in [2.05, 4.69) is 63.3 Å². The molecule has 5 rings (SSSR count). The van der Waals surface area contributed by atoms with Gasteiger partial charge in [0.05, 0.1) is 19.2 Å². The van der Waals surface area contributed by atoms with Gasteiger partial charge in [0.2, 0.25) is 0 Å². The van der Waals surface area contributed by atoms with E-state index in [0.29, 0.717) is 22.7 Å². The Balaban J connectivity index is 1.54. The summed E-state index contributed by atoms with van der Waals surface area (Å²) in [4.78, 5) is 36.5. The first kappa shape index (κ1) is 27.5. The van der Waals surface area contributed by atoms with Crippen molar-refractivity contribution in [2.75, 3.05) is 38.2 Å². The number of aromatic amines is 1. The summed E-state index contributed by atoms with van der Waals surface area (Å²) >= 11 is 0. The monoisotopic (exact) mass is 542 g/mol. The molecule has 0 aliphatic carbocycles. The second kappa shape index (κ2) is 11.6. The van der Waals surface area contributed by atoms with Crippen LogP contribution in [-0.4, -0.2) is 53.7 Å². The minimum absolute atomic E-state index is 0.0510. The summed E-state index contributed by atoms with van der Waals surface area (Å²) in [6, 6.07) is 10.00. The van der Waals surface area contributed by atoms with Crippen LogP contribution in [0.5, 0.6) is 5.88 Å². The lowest BCUT2D eigenvalue weighted by Gasteiger charge is -2.28. The highest BCUT2D eigenvalue weighted by Gasteiger charge is 2.21. The first-order valence-corrected chi connectivity index (χ1v) is 13.9. The molecule has 1 aromatic carbocycles. The Labute approximate surface area is 234 Å². The topological polar surface area (TPSA) is 104 Å². The summed E-state index contributed by atoms with van der Waals surface area (Å²) in [5.41, 5.74) is 5.38. The van der Waals surface area contributed by atoms with Crippen molar-refractivity contribution in [2.45, 2.75) is 46.7 Å². The lowest BCUT2D eigenvalue weighted by Crippen LogP contribution is -2.43. The molecule has 210 valence electrons. The minimum Gasteiger partial charge on any atom is -0.482 e. The molecule has 1 atom stereocenters. The van der Waals surface area contributed by atoms with Gasteiger partial charge in [-0.1, -0.05) is 6.92 Å². The summed E-state index contributed by atoms with van der Waals surface area (Å²) in [5, 5.41) is 7.26. The molecule has 1 aliphatic heterocycles. The number of aryl methyl sites for hydroxylation is 2. The van der Waals surface area contributed by atoms with Gasteiger partial charge < -0.3 is 29.8 Å². The summed E-state index contributed by atoms with van der Waals surface area (Å²) in [6.45, 7) is 12.0. The molecule has 1 aliphatic rings. The number of piperazine rings is 1. The van der Waals surface area contributed by atoms with Crippen LogP contribution in [0.1, 0.15) is 53.5 Å². The van der Waals surface area contributed by atoms with Gasteiger partial charge in [-0.2, -0.15) is 0 Å². The molecule has 4 aromatic rings. The summed E-state index contributed by atoms with van der Waals surface area (Å²) in [5.74, 6) is 1.07. The Morgan fingerprint density at radius 2 is 1.93 bits per heavy atom. The molecule has 0 bridgehead atoms. The molecule has 9 nitrogen and oxygen atoms in total. The minimum atomic E-state index is -0.246. The van der Waals surface area contributed by atoms with E-state index >= 15 is 0 Å². The number of rotatable bonds is 8. The van der Waals surface area contributed by atoms with E-state index < -0.39 is 0 Å². The van der Waals surface area contributed by atoms with E-state index in [1.165, 1.54) is 13.2 Å². The molecule has 0 spiro atoms. The smallest absolute Gasteiger partial charge is 0.252 e. The number of amides is 1. The van der Waals surface area contributed by atoms with Crippen molar-refractivity contribution in [2.24, 2.45) is 0 Å². The number of hydrogen-bond donors (Lipinski definition) is 3. The maximum atomic E-state index is 13.8. The van der Waals surface area contributed by atoms with E-state index in [1.54, 1.807) is 6.92 Å². The predicted molar refractivity (Wildman–Crippen MR) is 160 cm³/mol. The highest BCUT2D eigenvalue weighted by Crippen LogP contribution is 2.34. The first-order valence-electron chi connectivity index (χ1n) is 13.9. The highest BCUT2D eigenvalue weighted by atomic mass is 16.5. The van der Waals surface area contributed by atoms with Crippen molar-refractivity contribution in [3.05, 3.63) is 75.3 Å². The van der Waals surface area contributed by atoms with E-state index in [9.17, 15) is 9.59 Å². The van der Waals surface area contributed by atoms with Crippen molar-refractivity contribution in [1.29, 1.82) is 0 Å². The number of nitrogens with zero attached hydrogens (tertiary/aromatic N) is 3. The normalized spacial score (nSPS) is 14.4. The van der Waals surface area contributed by atoms with Gasteiger partial charge in [-0.25, -0.2) is 4.98 Å². The largest absolute Gasteiger partial charge is 0.482 e. The molecular formula is C31H38N6O3. The van der Waals surface area contributed by atoms with Gasteiger partial charge in [-0.05, 0) is 62.6 Å². The van der Waals surface area contributed by atoms with Crippen molar-refractivity contribution < 1.29 is 9.53 Å². The quantitative estimate of drug-likeness (QED) is 0.306. The Hall–Kier alpha value is -4.11. The number of anilines is 1. The Morgan fingerprint density at radius 1 is 1.15 bits per heavy atom. The number of nitrogens with one attached hydrogen (secondary N) is 3. The van der Waals surface area contributed by atoms with Gasteiger partial charge in [-0.15, -0.1) is 0 Å². The molecule has 0 radical (unpaired) electrons. The Bertz CT molecular complexity index is 1580. The number of fused-ring (bicyclic) bond motifs is 1. The molecule has 1 amide bonds. The van der Waals surface area contributed by atoms with E-state index in [0.717, 1.165) is 66.0 Å². The molecular weight excluding hydrogens is 504 g/mol. The summed E-state index contributed by atoms with van der Waals surface area (Å²) in [7, 11) is 1.51. The predicted octanol–water partition coefficient (Wildman–Crippen LogP) is 4.33. The van der Waals surface area contributed by atoms with Crippen LogP contribution < -0.4 is 25.7 Å². The third kappa shape index (κ3) is 5.34. The Morgan fingerprint density at radius 3 is 2.60 bits per heavy atom. The van der Waals surface area contributed by atoms with Crippen LogP contribution >= 0.6 is 0 Å². The van der Waals surface area contributed by atoms with Crippen molar-refractivity contribution in [3.8, 4) is 17.0 Å². The van der Waals surface area contributed by atoms with Gasteiger partial charge in [0.25, 0.3) is 5.91 Å². The third-order valence-electron chi connectivity index (χ3n) is 7.81. The van der Waals surface area contributed by atoms with Crippen LogP contribution in [0.4, 0.5) is 5.82 Å². The van der Waals surface area contributed by atoms with Crippen molar-refractivity contribution in [3.63, 3.8) is 0 Å². The molecule has 3 aromatic heterocycles. The number of aromatic nitrogens is 3. The molecule has 9 heteroatoms. The van der Waals surface area contributed by atoms with Gasteiger partial charge in [0.15, 0.2) is 11.3 Å². The molecule has 3 N–H and O–H groups in total. The maximum absolute atomic E-state index is 13.8. The maximum Gasteiger partial charge on any atom is 0.252 e. The number of carbonyl (C=O) groups excluding carboxylic acids is 1. The standard InChI is InChI=1S/C31H38N6O3/c1-6-21(4)37-18-19(2)29-24(30(39)34-17-25-27(38)13-20(3)35-31(25)40-5)14-23(15-26(29)37)22-7-8-28(33-16-22)36-11-9-32-10-12-36/h7-8,13-16,18,21,32H,6,9-12,17H2,1-5H3,(H,34,39)(H,35,38)/t21-/m0/s1. The second-order valence-electron chi connectivity index (χ2n) is 10.5. The molecule has 0 saturated carbocycles. The summed E-state index contributed by atoms with van der Waals surface area (Å²) in [6.07, 6.45) is 4.98. The zero-order valence-corrected chi connectivity index (χ0v) is 23.9. The number of benzene rings is 1. The number of pyridine rings is 2. The van der Waals surface area contributed by atoms with E-state index in [1.807, 2.05) is 19.2 Å². The lowest BCUT2D eigenvalue weighted by molar-refractivity contribution is 0.0952. The van der Waals surface area contributed by atoms with Crippen LogP contribution in [0.3, 0.4) is 0 Å². The average molecular weight is 543 g/mol. The molecule has 0 unspecified atom stereocenters. The van der Waals surface area contributed by atoms with Crippen LogP contribution in [-0.2, 0) is 6.54 Å². The number of H-pyrrole nitrogens is 1. The third-order valence-corrected chi connectivity index (χ3v) is 7.81. The summed E-state index contributed by atoms with van der Waals surface area (Å²) < 4.78 is 7.63. The van der Waals surface area contributed by atoms with Crippen LogP contribution in [0, 0.1) is 13.8 Å². The van der Waals surface area contributed by atoms with Crippen LogP contribution in [0.2, 0.25) is 0 Å². The van der Waals surface area contributed by atoms with Gasteiger partial charge in [0, 0.05) is 78.4 Å². The number of carbonyl (C=O) groups is 1.